The number of benzene rings is 1. The molecule has 1 aromatic carbocycles. The van der Waals surface area contributed by atoms with Crippen molar-refractivity contribution in [2.75, 3.05) is 37.7 Å². The number of rotatable bonds is 3. The van der Waals surface area contributed by atoms with E-state index >= 15 is 0 Å². The fourth-order valence-corrected chi connectivity index (χ4v) is 3.96. The Morgan fingerprint density at radius 3 is 2.63 bits per heavy atom. The standard InChI is InChI=1S/C19H22N2O6/c22-17(20-6-1-2-12(11-20)19(24)25)14-5-7-21(18(14)23)13-3-4-15-16(10-13)27-9-8-26-15/h3-4,10,12,14H,1-2,5-9,11H2,(H,24,25). The Kier molecular flexibility index (Phi) is 4.63. The molecule has 0 aromatic heterocycles. The van der Waals surface area contributed by atoms with Gasteiger partial charge in [0.05, 0.1) is 5.92 Å². The predicted molar refractivity (Wildman–Crippen MR) is 94.8 cm³/mol. The SMILES string of the molecule is O=C(O)C1CCCN(C(=O)C2CCN(c3ccc4c(c3)OCCO4)C2=O)C1. The van der Waals surface area contributed by atoms with Crippen molar-refractivity contribution in [3.8, 4) is 11.5 Å². The van der Waals surface area contributed by atoms with Crippen LogP contribution in [0.25, 0.3) is 0 Å². The minimum atomic E-state index is -0.886. The summed E-state index contributed by atoms with van der Waals surface area (Å²) in [4.78, 5) is 40.1. The van der Waals surface area contributed by atoms with Crippen LogP contribution in [-0.2, 0) is 14.4 Å². The number of hydrogen-bond donors (Lipinski definition) is 1. The number of carboxylic acid groups (broad SMARTS) is 1. The molecule has 0 spiro atoms. The van der Waals surface area contributed by atoms with E-state index in [0.717, 1.165) is 0 Å². The van der Waals surface area contributed by atoms with Crippen LogP contribution in [0.5, 0.6) is 11.5 Å². The van der Waals surface area contributed by atoms with Crippen molar-refractivity contribution < 1.29 is 29.0 Å². The number of carboxylic acids is 1. The lowest BCUT2D eigenvalue weighted by atomic mass is 9.96. The van der Waals surface area contributed by atoms with Gasteiger partial charge >= 0.3 is 5.97 Å². The fourth-order valence-electron chi connectivity index (χ4n) is 3.96. The molecular formula is C19H22N2O6. The first-order valence-corrected chi connectivity index (χ1v) is 9.27. The van der Waals surface area contributed by atoms with Crippen LogP contribution in [0, 0.1) is 11.8 Å². The van der Waals surface area contributed by atoms with E-state index in [-0.39, 0.29) is 18.4 Å². The fraction of sp³-hybridized carbons (Fsp3) is 0.526. The topological polar surface area (TPSA) is 96.4 Å². The first-order chi connectivity index (χ1) is 13.0. The largest absolute Gasteiger partial charge is 0.486 e. The van der Waals surface area contributed by atoms with Gasteiger partial charge in [-0.3, -0.25) is 14.4 Å². The number of nitrogens with zero attached hydrogens (tertiary/aromatic N) is 2. The predicted octanol–water partition coefficient (Wildman–Crippen LogP) is 1.13. The van der Waals surface area contributed by atoms with Crippen molar-refractivity contribution >= 4 is 23.5 Å². The number of anilines is 1. The van der Waals surface area contributed by atoms with Crippen LogP contribution in [-0.4, -0.2) is 60.6 Å². The summed E-state index contributed by atoms with van der Waals surface area (Å²) in [7, 11) is 0. The number of likely N-dealkylation sites (tertiary alicyclic amines) is 1. The molecule has 8 heteroatoms. The Bertz CT molecular complexity index is 779. The second kappa shape index (κ2) is 7.09. The van der Waals surface area contributed by atoms with Crippen LogP contribution in [0.1, 0.15) is 19.3 Å². The highest BCUT2D eigenvalue weighted by atomic mass is 16.6. The molecule has 0 aliphatic carbocycles. The lowest BCUT2D eigenvalue weighted by Gasteiger charge is -2.32. The van der Waals surface area contributed by atoms with E-state index in [1.54, 1.807) is 23.1 Å². The van der Waals surface area contributed by atoms with Crippen molar-refractivity contribution in [3.63, 3.8) is 0 Å². The van der Waals surface area contributed by atoms with Gasteiger partial charge in [-0.15, -0.1) is 0 Å². The number of ether oxygens (including phenoxy) is 2. The normalized spacial score (nSPS) is 24.8. The van der Waals surface area contributed by atoms with Gasteiger partial charge in [-0.25, -0.2) is 0 Å². The van der Waals surface area contributed by atoms with Crippen LogP contribution < -0.4 is 14.4 Å². The minimum Gasteiger partial charge on any atom is -0.486 e. The number of amides is 2. The van der Waals surface area contributed by atoms with Gasteiger partial charge < -0.3 is 24.4 Å². The van der Waals surface area contributed by atoms with E-state index in [2.05, 4.69) is 0 Å². The third-order valence-electron chi connectivity index (χ3n) is 5.42. The van der Waals surface area contributed by atoms with E-state index in [4.69, 9.17) is 9.47 Å². The van der Waals surface area contributed by atoms with E-state index < -0.39 is 17.8 Å². The third kappa shape index (κ3) is 3.31. The van der Waals surface area contributed by atoms with Crippen LogP contribution in [0.4, 0.5) is 5.69 Å². The number of aliphatic carboxylic acids is 1. The molecule has 3 heterocycles. The summed E-state index contributed by atoms with van der Waals surface area (Å²) in [6, 6.07) is 5.33. The number of piperidine rings is 1. The maximum atomic E-state index is 12.9. The smallest absolute Gasteiger partial charge is 0.308 e. The van der Waals surface area contributed by atoms with E-state index in [1.165, 1.54) is 4.90 Å². The molecule has 3 aliphatic heterocycles. The molecule has 4 rings (SSSR count). The van der Waals surface area contributed by atoms with Gasteiger partial charge in [-0.1, -0.05) is 0 Å². The van der Waals surface area contributed by atoms with Gasteiger partial charge in [0.1, 0.15) is 19.1 Å². The Balaban J connectivity index is 1.47. The molecular weight excluding hydrogens is 352 g/mol. The summed E-state index contributed by atoms with van der Waals surface area (Å²) in [5, 5.41) is 9.21. The lowest BCUT2D eigenvalue weighted by Crippen LogP contribution is -2.46. The molecule has 144 valence electrons. The number of hydrogen-bond acceptors (Lipinski definition) is 5. The average Bonchev–Trinajstić information content (AvgIpc) is 3.08. The number of fused-ring (bicyclic) bond motifs is 1. The van der Waals surface area contributed by atoms with Crippen LogP contribution in [0.15, 0.2) is 18.2 Å². The van der Waals surface area contributed by atoms with Gasteiger partial charge in [0.25, 0.3) is 0 Å². The van der Waals surface area contributed by atoms with Gasteiger partial charge in [0.2, 0.25) is 11.8 Å². The van der Waals surface area contributed by atoms with E-state index in [9.17, 15) is 19.5 Å². The molecule has 2 saturated heterocycles. The summed E-state index contributed by atoms with van der Waals surface area (Å²) < 4.78 is 11.1. The lowest BCUT2D eigenvalue weighted by molar-refractivity contribution is -0.147. The Morgan fingerprint density at radius 1 is 1.07 bits per heavy atom. The van der Waals surface area contributed by atoms with Crippen molar-refractivity contribution in [1.29, 1.82) is 0 Å². The van der Waals surface area contributed by atoms with Crippen LogP contribution >= 0.6 is 0 Å². The van der Waals surface area contributed by atoms with Crippen LogP contribution in [0.2, 0.25) is 0 Å². The Morgan fingerprint density at radius 2 is 1.85 bits per heavy atom. The van der Waals surface area contributed by atoms with Gasteiger partial charge in [0.15, 0.2) is 11.5 Å². The third-order valence-corrected chi connectivity index (χ3v) is 5.42. The Labute approximate surface area is 156 Å². The first kappa shape index (κ1) is 17.6. The van der Waals surface area contributed by atoms with E-state index in [0.29, 0.717) is 62.8 Å². The summed E-state index contributed by atoms with van der Waals surface area (Å²) in [6.45, 7) is 2.10. The quantitative estimate of drug-likeness (QED) is 0.797. The molecule has 0 bridgehead atoms. The molecule has 1 aromatic rings. The zero-order valence-corrected chi connectivity index (χ0v) is 14.9. The maximum Gasteiger partial charge on any atom is 0.308 e. The highest BCUT2D eigenvalue weighted by molar-refractivity contribution is 6.09. The molecule has 2 atom stereocenters. The van der Waals surface area contributed by atoms with Crippen molar-refractivity contribution in [2.24, 2.45) is 11.8 Å². The van der Waals surface area contributed by atoms with Crippen molar-refractivity contribution in [2.45, 2.75) is 19.3 Å². The number of carbonyl (C=O) groups is 3. The van der Waals surface area contributed by atoms with Gasteiger partial charge in [-0.05, 0) is 31.4 Å². The molecule has 2 fully saturated rings. The van der Waals surface area contributed by atoms with Crippen LogP contribution in [0.3, 0.4) is 0 Å². The zero-order valence-electron chi connectivity index (χ0n) is 14.9. The summed E-state index contributed by atoms with van der Waals surface area (Å²) >= 11 is 0. The van der Waals surface area contributed by atoms with Gasteiger partial charge in [0, 0.05) is 31.4 Å². The van der Waals surface area contributed by atoms with Crippen molar-refractivity contribution in [3.05, 3.63) is 18.2 Å². The highest BCUT2D eigenvalue weighted by Gasteiger charge is 2.41. The number of carbonyl (C=O) groups excluding carboxylic acids is 2. The second-order valence-corrected chi connectivity index (χ2v) is 7.12. The van der Waals surface area contributed by atoms with Crippen molar-refractivity contribution in [1.82, 2.24) is 4.90 Å². The second-order valence-electron chi connectivity index (χ2n) is 7.12. The first-order valence-electron chi connectivity index (χ1n) is 9.27. The molecule has 3 aliphatic rings. The average molecular weight is 374 g/mol. The molecule has 2 amide bonds. The molecule has 0 radical (unpaired) electrons. The summed E-state index contributed by atoms with van der Waals surface area (Å²) in [5.74, 6) is -1.43. The minimum absolute atomic E-state index is 0.183. The Hall–Kier alpha value is -2.77. The molecule has 2 unspecified atom stereocenters. The zero-order chi connectivity index (χ0) is 19.0. The monoisotopic (exact) mass is 374 g/mol. The molecule has 0 saturated carbocycles. The summed E-state index contributed by atoms with van der Waals surface area (Å²) in [5.41, 5.74) is 0.682. The molecule has 27 heavy (non-hydrogen) atoms. The summed E-state index contributed by atoms with van der Waals surface area (Å²) in [6.07, 6.45) is 1.65. The molecule has 1 N–H and O–H groups in total. The highest BCUT2D eigenvalue weighted by Crippen LogP contribution is 2.36. The maximum absolute atomic E-state index is 12.9. The molecule has 8 nitrogen and oxygen atoms in total. The van der Waals surface area contributed by atoms with E-state index in [1.807, 2.05) is 0 Å². The van der Waals surface area contributed by atoms with Gasteiger partial charge in [-0.2, -0.15) is 0 Å².